The Bertz CT molecular complexity index is 816. The Morgan fingerprint density at radius 1 is 1.14 bits per heavy atom. The second-order valence-corrected chi connectivity index (χ2v) is 7.36. The number of halogens is 1. The molecule has 1 aliphatic rings. The van der Waals surface area contributed by atoms with E-state index in [-0.39, 0.29) is 11.7 Å². The molecule has 6 heteroatoms. The molecule has 3 rings (SSSR count). The minimum absolute atomic E-state index is 0.0497. The second-order valence-electron chi connectivity index (χ2n) is 7.36. The molecular weight excluding hydrogens is 373 g/mol. The van der Waals surface area contributed by atoms with Crippen LogP contribution < -0.4 is 10.1 Å². The van der Waals surface area contributed by atoms with Gasteiger partial charge >= 0.3 is 0 Å². The van der Waals surface area contributed by atoms with Gasteiger partial charge in [0.25, 0.3) is 0 Å². The van der Waals surface area contributed by atoms with Crippen molar-refractivity contribution in [1.29, 1.82) is 0 Å². The summed E-state index contributed by atoms with van der Waals surface area (Å²) in [5.74, 6) is 0.366. The van der Waals surface area contributed by atoms with Crippen molar-refractivity contribution in [2.75, 3.05) is 40.6 Å². The maximum absolute atomic E-state index is 13.7. The third-order valence-electron chi connectivity index (χ3n) is 5.49. The van der Waals surface area contributed by atoms with E-state index in [9.17, 15) is 9.18 Å². The summed E-state index contributed by atoms with van der Waals surface area (Å²) in [5.41, 5.74) is 2.16. The largest absolute Gasteiger partial charge is 0.496 e. The van der Waals surface area contributed by atoms with Gasteiger partial charge in [0.1, 0.15) is 11.6 Å². The highest BCUT2D eigenvalue weighted by Gasteiger charge is 2.39. The van der Waals surface area contributed by atoms with Gasteiger partial charge in [-0.2, -0.15) is 0 Å². The average molecular weight is 401 g/mol. The maximum Gasteiger partial charge on any atom is 0.226 e. The zero-order chi connectivity index (χ0) is 20.7. The molecule has 29 heavy (non-hydrogen) atoms. The molecule has 1 N–H and O–H groups in total. The van der Waals surface area contributed by atoms with Crippen molar-refractivity contribution in [1.82, 2.24) is 5.32 Å². The number of rotatable bonds is 8. The van der Waals surface area contributed by atoms with Crippen molar-refractivity contribution in [2.45, 2.75) is 19.3 Å². The first-order chi connectivity index (χ1) is 14.1. The molecule has 0 unspecified atom stereocenters. The Hall–Kier alpha value is -2.44. The predicted molar refractivity (Wildman–Crippen MR) is 109 cm³/mol. The van der Waals surface area contributed by atoms with Crippen molar-refractivity contribution < 1.29 is 23.4 Å². The first-order valence-corrected chi connectivity index (χ1v) is 9.86. The summed E-state index contributed by atoms with van der Waals surface area (Å²) in [7, 11) is 3.19. The molecule has 1 saturated heterocycles. The summed E-state index contributed by atoms with van der Waals surface area (Å²) in [6, 6.07) is 12.4. The van der Waals surface area contributed by atoms with Crippen LogP contribution in [-0.2, 0) is 20.7 Å². The van der Waals surface area contributed by atoms with E-state index in [0.717, 1.165) is 11.1 Å². The van der Waals surface area contributed by atoms with E-state index in [4.69, 9.17) is 14.2 Å². The molecule has 1 heterocycles. The number of ether oxygens (including phenoxy) is 3. The summed E-state index contributed by atoms with van der Waals surface area (Å²) >= 11 is 0. The summed E-state index contributed by atoms with van der Waals surface area (Å²) in [4.78, 5) is 12.9. The molecule has 0 aromatic heterocycles. The Morgan fingerprint density at radius 2 is 1.86 bits per heavy atom. The van der Waals surface area contributed by atoms with Crippen molar-refractivity contribution >= 4 is 5.91 Å². The topological polar surface area (TPSA) is 56.8 Å². The van der Waals surface area contributed by atoms with Gasteiger partial charge in [-0.15, -0.1) is 0 Å². The summed E-state index contributed by atoms with van der Waals surface area (Å²) < 4.78 is 29.6. The number of hydrogen-bond donors (Lipinski definition) is 1. The van der Waals surface area contributed by atoms with Crippen LogP contribution >= 0.6 is 0 Å². The molecule has 0 aliphatic carbocycles. The molecule has 0 saturated carbocycles. The van der Waals surface area contributed by atoms with Gasteiger partial charge in [0.15, 0.2) is 0 Å². The van der Waals surface area contributed by atoms with Crippen LogP contribution in [-0.4, -0.2) is 46.5 Å². The fourth-order valence-electron chi connectivity index (χ4n) is 3.80. The van der Waals surface area contributed by atoms with Crippen LogP contribution in [0, 0.1) is 11.2 Å². The van der Waals surface area contributed by atoms with E-state index in [1.165, 1.54) is 12.1 Å². The van der Waals surface area contributed by atoms with Crippen LogP contribution in [0.15, 0.2) is 42.5 Å². The minimum Gasteiger partial charge on any atom is -0.496 e. The fraction of sp³-hybridized carbons (Fsp3) is 0.435. The highest BCUT2D eigenvalue weighted by atomic mass is 19.1. The zero-order valence-corrected chi connectivity index (χ0v) is 17.0. The first kappa shape index (κ1) is 21.3. The van der Waals surface area contributed by atoms with Crippen molar-refractivity contribution in [3.05, 3.63) is 53.8 Å². The number of benzene rings is 2. The highest BCUT2D eigenvalue weighted by molar-refractivity contribution is 5.83. The summed E-state index contributed by atoms with van der Waals surface area (Å²) in [6.07, 6.45) is 2.01. The molecule has 0 bridgehead atoms. The number of amides is 1. The van der Waals surface area contributed by atoms with Gasteiger partial charge in [0, 0.05) is 32.4 Å². The smallest absolute Gasteiger partial charge is 0.226 e. The molecular formula is C23H28FNO4. The zero-order valence-electron chi connectivity index (χ0n) is 17.0. The molecule has 1 aliphatic heterocycles. The lowest BCUT2D eigenvalue weighted by Gasteiger charge is -2.36. The average Bonchev–Trinajstić information content (AvgIpc) is 2.75. The van der Waals surface area contributed by atoms with Gasteiger partial charge in [-0.3, -0.25) is 4.79 Å². The number of nitrogens with one attached hydrogen (secondary N) is 1. The molecule has 0 atom stereocenters. The highest BCUT2D eigenvalue weighted by Crippen LogP contribution is 2.36. The van der Waals surface area contributed by atoms with E-state index in [2.05, 4.69) is 5.32 Å². The molecule has 2 aromatic carbocycles. The van der Waals surface area contributed by atoms with E-state index in [1.807, 2.05) is 24.3 Å². The second kappa shape index (κ2) is 9.85. The molecule has 156 valence electrons. The number of methoxy groups -OCH3 is 2. The Labute approximate surface area is 171 Å². The monoisotopic (exact) mass is 401 g/mol. The van der Waals surface area contributed by atoms with E-state index < -0.39 is 5.41 Å². The number of hydrogen-bond acceptors (Lipinski definition) is 4. The fourth-order valence-corrected chi connectivity index (χ4v) is 3.80. The van der Waals surface area contributed by atoms with Crippen molar-refractivity contribution in [3.8, 4) is 16.9 Å². The van der Waals surface area contributed by atoms with Crippen LogP contribution in [0.1, 0.15) is 18.4 Å². The number of carbonyl (C=O) groups is 1. The van der Waals surface area contributed by atoms with E-state index in [1.54, 1.807) is 20.3 Å². The lowest BCUT2D eigenvalue weighted by atomic mass is 9.74. The SMILES string of the molecule is COCCNC(=O)C1(Cc2ccc(-c3cc(F)ccc3OC)cc2)CCOCC1. The Balaban J connectivity index is 1.79. The van der Waals surface area contributed by atoms with Gasteiger partial charge in [0.05, 0.1) is 19.1 Å². The molecule has 0 spiro atoms. The van der Waals surface area contributed by atoms with Gasteiger partial charge in [0.2, 0.25) is 5.91 Å². The van der Waals surface area contributed by atoms with Crippen LogP contribution in [0.5, 0.6) is 5.75 Å². The molecule has 5 nitrogen and oxygen atoms in total. The van der Waals surface area contributed by atoms with Gasteiger partial charge in [-0.1, -0.05) is 24.3 Å². The molecule has 0 radical (unpaired) electrons. The quantitative estimate of drug-likeness (QED) is 0.687. The van der Waals surface area contributed by atoms with Crippen LogP contribution in [0.4, 0.5) is 4.39 Å². The van der Waals surface area contributed by atoms with E-state index >= 15 is 0 Å². The van der Waals surface area contributed by atoms with Gasteiger partial charge in [-0.25, -0.2) is 4.39 Å². The number of carbonyl (C=O) groups excluding carboxylic acids is 1. The normalized spacial score (nSPS) is 15.7. The summed E-state index contributed by atoms with van der Waals surface area (Å²) in [5, 5.41) is 3.00. The van der Waals surface area contributed by atoms with Gasteiger partial charge in [-0.05, 0) is 48.6 Å². The molecule has 1 fully saturated rings. The maximum atomic E-state index is 13.7. The van der Waals surface area contributed by atoms with Crippen LogP contribution in [0.25, 0.3) is 11.1 Å². The Kier molecular flexibility index (Phi) is 7.23. The van der Waals surface area contributed by atoms with Crippen molar-refractivity contribution in [3.63, 3.8) is 0 Å². The lowest BCUT2D eigenvalue weighted by Crippen LogP contribution is -2.46. The van der Waals surface area contributed by atoms with Crippen LogP contribution in [0.3, 0.4) is 0 Å². The lowest BCUT2D eigenvalue weighted by molar-refractivity contribution is -0.136. The van der Waals surface area contributed by atoms with Gasteiger partial charge < -0.3 is 19.5 Å². The third-order valence-corrected chi connectivity index (χ3v) is 5.49. The molecule has 1 amide bonds. The first-order valence-electron chi connectivity index (χ1n) is 9.86. The Morgan fingerprint density at radius 3 is 2.52 bits per heavy atom. The molecule has 2 aromatic rings. The third kappa shape index (κ3) is 5.14. The minimum atomic E-state index is -0.482. The van der Waals surface area contributed by atoms with Crippen molar-refractivity contribution in [2.24, 2.45) is 5.41 Å². The predicted octanol–water partition coefficient (Wildman–Crippen LogP) is 3.60. The van der Waals surface area contributed by atoms with E-state index in [0.29, 0.717) is 56.9 Å². The van der Waals surface area contributed by atoms with Crippen LogP contribution in [0.2, 0.25) is 0 Å². The summed E-state index contributed by atoms with van der Waals surface area (Å²) in [6.45, 7) is 2.14. The standard InChI is InChI=1S/C23H28FNO4/c1-27-14-11-25-22(26)23(9-12-29-13-10-23)16-17-3-5-18(6-4-17)20-15-19(24)7-8-21(20)28-2/h3-8,15H,9-14,16H2,1-2H3,(H,25,26).